The summed E-state index contributed by atoms with van der Waals surface area (Å²) in [6.07, 6.45) is 1.76. The number of anilines is 1. The number of hydrogen-bond acceptors (Lipinski definition) is 4. The summed E-state index contributed by atoms with van der Waals surface area (Å²) in [7, 11) is 0. The van der Waals surface area contributed by atoms with Crippen molar-refractivity contribution in [2.24, 2.45) is 0 Å². The first kappa shape index (κ1) is 13.4. The van der Waals surface area contributed by atoms with Gasteiger partial charge in [0.1, 0.15) is 5.82 Å². The van der Waals surface area contributed by atoms with Crippen molar-refractivity contribution in [2.45, 2.75) is 26.4 Å². The molecule has 0 aliphatic carbocycles. The minimum absolute atomic E-state index is 0.0597. The maximum atomic E-state index is 11.9. The second-order valence-electron chi connectivity index (χ2n) is 4.89. The second-order valence-corrected chi connectivity index (χ2v) is 4.89. The first-order chi connectivity index (χ1) is 8.99. The Hall–Kier alpha value is -2.05. The van der Waals surface area contributed by atoms with Crippen molar-refractivity contribution in [3.63, 3.8) is 0 Å². The minimum Gasteiger partial charge on any atom is -0.382 e. The third kappa shape index (κ3) is 2.86. The number of nitrogens with zero attached hydrogens (tertiary/aromatic N) is 4. The molecule has 1 fully saturated rings. The van der Waals surface area contributed by atoms with Crippen molar-refractivity contribution < 1.29 is 9.59 Å². The van der Waals surface area contributed by atoms with Gasteiger partial charge < -0.3 is 15.5 Å². The first-order valence-electron chi connectivity index (χ1n) is 6.38. The number of piperazine rings is 1. The monoisotopic (exact) mass is 265 g/mol. The van der Waals surface area contributed by atoms with Gasteiger partial charge in [-0.1, -0.05) is 0 Å². The molecule has 1 aromatic rings. The molecule has 0 aromatic carbocycles. The Morgan fingerprint density at radius 3 is 2.58 bits per heavy atom. The van der Waals surface area contributed by atoms with Gasteiger partial charge in [-0.05, 0) is 19.9 Å². The molecule has 0 radical (unpaired) electrons. The zero-order chi connectivity index (χ0) is 14.0. The lowest BCUT2D eigenvalue weighted by Crippen LogP contribution is -2.56. The number of hydrogen-bond donors (Lipinski definition) is 1. The van der Waals surface area contributed by atoms with Gasteiger partial charge in [0.15, 0.2) is 0 Å². The molecule has 1 aliphatic rings. The number of carbonyl (C=O) groups excluding carboxylic acids is 2. The highest BCUT2D eigenvalue weighted by Crippen LogP contribution is 2.09. The number of nitrogens with two attached hydrogens (primary N) is 1. The lowest BCUT2D eigenvalue weighted by atomic mass is 10.2. The van der Waals surface area contributed by atoms with Gasteiger partial charge in [-0.3, -0.25) is 14.3 Å². The topological polar surface area (TPSA) is 84.5 Å². The summed E-state index contributed by atoms with van der Waals surface area (Å²) in [5, 5.41) is 4.04. The molecule has 2 heterocycles. The summed E-state index contributed by atoms with van der Waals surface area (Å²) in [5.41, 5.74) is 5.51. The first-order valence-corrected chi connectivity index (χ1v) is 6.38. The van der Waals surface area contributed by atoms with Crippen LogP contribution in [0.5, 0.6) is 0 Å². The zero-order valence-corrected chi connectivity index (χ0v) is 11.2. The number of aromatic nitrogens is 2. The molecule has 1 aliphatic heterocycles. The molecule has 0 bridgehead atoms. The van der Waals surface area contributed by atoms with E-state index in [0.29, 0.717) is 32.0 Å². The van der Waals surface area contributed by atoms with Crippen LogP contribution in [0.2, 0.25) is 0 Å². The van der Waals surface area contributed by atoms with Crippen molar-refractivity contribution in [1.82, 2.24) is 19.6 Å². The number of rotatable bonds is 4. The van der Waals surface area contributed by atoms with Crippen molar-refractivity contribution in [1.29, 1.82) is 0 Å². The van der Waals surface area contributed by atoms with Gasteiger partial charge in [0.2, 0.25) is 0 Å². The van der Waals surface area contributed by atoms with E-state index in [1.54, 1.807) is 26.7 Å². The highest BCUT2D eigenvalue weighted by molar-refractivity contribution is 6.35. The summed E-state index contributed by atoms with van der Waals surface area (Å²) in [6.45, 7) is 5.99. The van der Waals surface area contributed by atoms with Crippen LogP contribution in [0.1, 0.15) is 13.8 Å². The zero-order valence-electron chi connectivity index (χ0n) is 11.2. The Labute approximate surface area is 111 Å². The average molecular weight is 265 g/mol. The van der Waals surface area contributed by atoms with Gasteiger partial charge in [0.05, 0.1) is 6.54 Å². The molecule has 0 spiro atoms. The fraction of sp³-hybridized carbons (Fsp3) is 0.583. The molecule has 104 valence electrons. The van der Waals surface area contributed by atoms with Gasteiger partial charge in [0, 0.05) is 31.9 Å². The van der Waals surface area contributed by atoms with Crippen molar-refractivity contribution in [2.75, 3.05) is 25.4 Å². The lowest BCUT2D eigenvalue weighted by molar-refractivity contribution is -0.157. The van der Waals surface area contributed by atoms with E-state index in [1.807, 2.05) is 13.8 Å². The quantitative estimate of drug-likeness (QED) is 0.747. The third-order valence-corrected chi connectivity index (χ3v) is 3.23. The molecule has 2 amide bonds. The van der Waals surface area contributed by atoms with Gasteiger partial charge in [-0.2, -0.15) is 5.10 Å². The molecule has 1 aromatic heterocycles. The van der Waals surface area contributed by atoms with Crippen LogP contribution in [0.15, 0.2) is 12.3 Å². The predicted octanol–water partition coefficient (Wildman–Crippen LogP) is -0.455. The summed E-state index contributed by atoms with van der Waals surface area (Å²) in [4.78, 5) is 27.0. The Morgan fingerprint density at radius 2 is 2.00 bits per heavy atom. The van der Waals surface area contributed by atoms with Crippen LogP contribution in [0.4, 0.5) is 5.82 Å². The third-order valence-electron chi connectivity index (χ3n) is 3.23. The maximum Gasteiger partial charge on any atom is 0.312 e. The van der Waals surface area contributed by atoms with E-state index in [2.05, 4.69) is 5.10 Å². The summed E-state index contributed by atoms with van der Waals surface area (Å²) in [5.74, 6) is -0.395. The van der Waals surface area contributed by atoms with Crippen molar-refractivity contribution in [3.8, 4) is 0 Å². The highest BCUT2D eigenvalue weighted by Gasteiger charge is 2.33. The second kappa shape index (κ2) is 5.29. The molecule has 0 unspecified atom stereocenters. The van der Waals surface area contributed by atoms with Crippen molar-refractivity contribution >= 4 is 17.6 Å². The number of amides is 2. The number of nitrogen functional groups attached to an aromatic ring is 1. The van der Waals surface area contributed by atoms with Gasteiger partial charge in [0.25, 0.3) is 0 Å². The Bertz CT molecular complexity index is 482. The van der Waals surface area contributed by atoms with Crippen LogP contribution < -0.4 is 5.73 Å². The van der Waals surface area contributed by atoms with Crippen LogP contribution in [-0.2, 0) is 16.1 Å². The van der Waals surface area contributed by atoms with Crippen LogP contribution in [0.3, 0.4) is 0 Å². The Kier molecular flexibility index (Phi) is 3.73. The van der Waals surface area contributed by atoms with Crippen LogP contribution in [0.25, 0.3) is 0 Å². The van der Waals surface area contributed by atoms with E-state index in [0.717, 1.165) is 0 Å². The highest BCUT2D eigenvalue weighted by atomic mass is 16.2. The molecule has 7 nitrogen and oxygen atoms in total. The fourth-order valence-electron chi connectivity index (χ4n) is 2.12. The standard InChI is InChI=1S/C12H19N5O2/c1-9(2)17-8-6-15(11(18)12(17)19)5-7-16-4-3-10(13)14-16/h3-4,9H,5-8H2,1-2H3,(H2,13,14). The van der Waals surface area contributed by atoms with E-state index in [1.165, 1.54) is 0 Å². The molecule has 0 saturated carbocycles. The fourth-order valence-corrected chi connectivity index (χ4v) is 2.12. The van der Waals surface area contributed by atoms with Gasteiger partial charge in [-0.25, -0.2) is 0 Å². The normalized spacial score (nSPS) is 16.6. The molecule has 1 saturated heterocycles. The van der Waals surface area contributed by atoms with Gasteiger partial charge in [-0.15, -0.1) is 0 Å². The molecule has 2 rings (SSSR count). The smallest absolute Gasteiger partial charge is 0.312 e. The molecule has 0 atom stereocenters. The molecule has 19 heavy (non-hydrogen) atoms. The Morgan fingerprint density at radius 1 is 1.26 bits per heavy atom. The van der Waals surface area contributed by atoms with Crippen LogP contribution in [-0.4, -0.2) is 57.1 Å². The van der Waals surface area contributed by atoms with Crippen LogP contribution >= 0.6 is 0 Å². The lowest BCUT2D eigenvalue weighted by Gasteiger charge is -2.35. The summed E-state index contributed by atoms with van der Waals surface area (Å²) >= 11 is 0. The molecule has 7 heteroatoms. The summed E-state index contributed by atoms with van der Waals surface area (Å²) in [6, 6.07) is 1.76. The van der Waals surface area contributed by atoms with E-state index in [4.69, 9.17) is 5.73 Å². The minimum atomic E-state index is -0.430. The van der Waals surface area contributed by atoms with Crippen molar-refractivity contribution in [3.05, 3.63) is 12.3 Å². The molecular weight excluding hydrogens is 246 g/mol. The SMILES string of the molecule is CC(C)N1CCN(CCn2ccc(N)n2)C(=O)C1=O. The van der Waals surface area contributed by atoms with Crippen LogP contribution in [0, 0.1) is 0 Å². The largest absolute Gasteiger partial charge is 0.382 e. The Balaban J connectivity index is 1.92. The predicted molar refractivity (Wildman–Crippen MR) is 70.1 cm³/mol. The molecule has 2 N–H and O–H groups in total. The summed E-state index contributed by atoms with van der Waals surface area (Å²) < 4.78 is 1.67. The average Bonchev–Trinajstić information content (AvgIpc) is 2.76. The van der Waals surface area contributed by atoms with Gasteiger partial charge >= 0.3 is 11.8 Å². The number of carbonyl (C=O) groups is 2. The van der Waals surface area contributed by atoms with E-state index < -0.39 is 11.8 Å². The maximum absolute atomic E-state index is 11.9. The van der Waals surface area contributed by atoms with E-state index >= 15 is 0 Å². The van der Waals surface area contributed by atoms with E-state index in [9.17, 15) is 9.59 Å². The van der Waals surface area contributed by atoms with E-state index in [-0.39, 0.29) is 6.04 Å². The molecular formula is C12H19N5O2.